The Balaban J connectivity index is 2.16. The van der Waals surface area contributed by atoms with Crippen LogP contribution in [-0.2, 0) is 16.6 Å². The fraction of sp³-hybridized carbons (Fsp3) is 0.733. The maximum Gasteiger partial charge on any atom is 0.244 e. The summed E-state index contributed by atoms with van der Waals surface area (Å²) in [5.41, 5.74) is 0. The molecule has 1 aliphatic carbocycles. The Labute approximate surface area is 126 Å². The zero-order valence-corrected chi connectivity index (χ0v) is 13.6. The van der Waals surface area contributed by atoms with Gasteiger partial charge >= 0.3 is 0 Å². The summed E-state index contributed by atoms with van der Waals surface area (Å²) in [6.07, 6.45) is 6.58. The standard InChI is InChI=1S/C15H25NO4S/c1-3-14(12-7-5-4-6-8-12)16-21(18,19)15-9-13(10-17)20-11(15)2/h9,12,14,16-17H,3-8,10H2,1-2H3. The molecular formula is C15H25NO4S. The van der Waals surface area contributed by atoms with E-state index in [9.17, 15) is 8.42 Å². The molecule has 1 atom stereocenters. The van der Waals surface area contributed by atoms with Gasteiger partial charge in [0.1, 0.15) is 23.0 Å². The van der Waals surface area contributed by atoms with Crippen LogP contribution in [0.3, 0.4) is 0 Å². The number of furan rings is 1. The number of aliphatic hydroxyl groups excluding tert-OH is 1. The molecule has 0 amide bonds. The minimum absolute atomic E-state index is 0.0258. The number of hydrogen-bond acceptors (Lipinski definition) is 4. The molecule has 2 rings (SSSR count). The number of rotatable bonds is 6. The van der Waals surface area contributed by atoms with Gasteiger partial charge in [-0.15, -0.1) is 0 Å². The minimum atomic E-state index is -3.60. The fourth-order valence-corrected chi connectivity index (χ4v) is 4.77. The molecule has 2 N–H and O–H groups in total. The smallest absolute Gasteiger partial charge is 0.244 e. The molecule has 0 aliphatic heterocycles. The van der Waals surface area contributed by atoms with Gasteiger partial charge in [-0.2, -0.15) is 0 Å². The molecule has 1 aromatic rings. The first-order chi connectivity index (χ1) is 9.97. The summed E-state index contributed by atoms with van der Waals surface area (Å²) in [6, 6.07) is 1.38. The predicted octanol–water partition coefficient (Wildman–Crippen LogP) is 2.72. The summed E-state index contributed by atoms with van der Waals surface area (Å²) in [7, 11) is -3.60. The van der Waals surface area contributed by atoms with Crippen LogP contribution in [-0.4, -0.2) is 19.6 Å². The predicted molar refractivity (Wildman–Crippen MR) is 80.3 cm³/mol. The van der Waals surface area contributed by atoms with E-state index in [-0.39, 0.29) is 23.3 Å². The van der Waals surface area contributed by atoms with Crippen molar-refractivity contribution in [3.05, 3.63) is 17.6 Å². The van der Waals surface area contributed by atoms with Crippen molar-refractivity contribution < 1.29 is 17.9 Å². The van der Waals surface area contributed by atoms with E-state index in [0.717, 1.165) is 19.3 Å². The zero-order valence-electron chi connectivity index (χ0n) is 12.8. The Morgan fingerprint density at radius 1 is 1.38 bits per heavy atom. The van der Waals surface area contributed by atoms with E-state index in [1.54, 1.807) is 6.92 Å². The van der Waals surface area contributed by atoms with Gasteiger partial charge in [0.05, 0.1) is 0 Å². The van der Waals surface area contributed by atoms with Gasteiger partial charge < -0.3 is 9.52 Å². The van der Waals surface area contributed by atoms with Crippen molar-refractivity contribution in [2.75, 3.05) is 0 Å². The molecule has 1 fully saturated rings. The molecule has 120 valence electrons. The van der Waals surface area contributed by atoms with E-state index in [1.165, 1.54) is 25.3 Å². The maximum atomic E-state index is 12.5. The average molecular weight is 315 g/mol. The van der Waals surface area contributed by atoms with Crippen molar-refractivity contribution in [2.24, 2.45) is 5.92 Å². The molecule has 1 saturated carbocycles. The Hall–Kier alpha value is -0.850. The van der Waals surface area contributed by atoms with Crippen LogP contribution in [0.5, 0.6) is 0 Å². The van der Waals surface area contributed by atoms with E-state index in [2.05, 4.69) is 4.72 Å². The van der Waals surface area contributed by atoms with Gasteiger partial charge in [-0.3, -0.25) is 0 Å². The molecule has 21 heavy (non-hydrogen) atoms. The van der Waals surface area contributed by atoms with Crippen LogP contribution >= 0.6 is 0 Å². The summed E-state index contributed by atoms with van der Waals surface area (Å²) < 4.78 is 33.2. The van der Waals surface area contributed by atoms with E-state index in [1.807, 2.05) is 6.92 Å². The van der Waals surface area contributed by atoms with Gasteiger partial charge in [-0.05, 0) is 32.1 Å². The molecule has 5 nitrogen and oxygen atoms in total. The maximum absolute atomic E-state index is 12.5. The number of aliphatic hydroxyl groups is 1. The minimum Gasteiger partial charge on any atom is -0.462 e. The summed E-state index contributed by atoms with van der Waals surface area (Å²) in [5, 5.41) is 9.06. The topological polar surface area (TPSA) is 79.5 Å². The van der Waals surface area contributed by atoms with Crippen LogP contribution in [0.25, 0.3) is 0 Å². The molecule has 0 radical (unpaired) electrons. The SMILES string of the molecule is CCC(NS(=O)(=O)c1cc(CO)oc1C)C1CCCCC1. The second kappa shape index (κ2) is 6.94. The molecule has 0 aromatic carbocycles. The van der Waals surface area contributed by atoms with E-state index < -0.39 is 10.0 Å². The van der Waals surface area contributed by atoms with Gasteiger partial charge in [0.2, 0.25) is 10.0 Å². The normalized spacial score (nSPS) is 18.8. The van der Waals surface area contributed by atoms with Crippen LogP contribution in [0, 0.1) is 12.8 Å². The van der Waals surface area contributed by atoms with E-state index in [4.69, 9.17) is 9.52 Å². The highest BCUT2D eigenvalue weighted by Gasteiger charge is 2.29. The van der Waals surface area contributed by atoms with E-state index >= 15 is 0 Å². The second-order valence-electron chi connectivity index (χ2n) is 5.83. The van der Waals surface area contributed by atoms with Crippen molar-refractivity contribution in [1.29, 1.82) is 0 Å². The second-order valence-corrected chi connectivity index (χ2v) is 7.51. The summed E-state index contributed by atoms with van der Waals surface area (Å²) >= 11 is 0. The van der Waals surface area contributed by atoms with Crippen molar-refractivity contribution in [2.45, 2.75) is 69.9 Å². The van der Waals surface area contributed by atoms with Crippen molar-refractivity contribution in [3.63, 3.8) is 0 Å². The van der Waals surface area contributed by atoms with Crippen LogP contribution in [0.15, 0.2) is 15.4 Å². The molecule has 0 spiro atoms. The Morgan fingerprint density at radius 3 is 2.57 bits per heavy atom. The third-order valence-electron chi connectivity index (χ3n) is 4.33. The van der Waals surface area contributed by atoms with Crippen molar-refractivity contribution in [3.8, 4) is 0 Å². The van der Waals surface area contributed by atoms with E-state index in [0.29, 0.717) is 11.7 Å². The summed E-state index contributed by atoms with van der Waals surface area (Å²) in [4.78, 5) is 0.140. The third-order valence-corrected chi connectivity index (χ3v) is 5.93. The van der Waals surface area contributed by atoms with Gasteiger partial charge in [-0.1, -0.05) is 26.2 Å². The van der Waals surface area contributed by atoms with Crippen molar-refractivity contribution in [1.82, 2.24) is 4.72 Å². The third kappa shape index (κ3) is 3.87. The van der Waals surface area contributed by atoms with Gasteiger partial charge in [0, 0.05) is 12.1 Å². The van der Waals surface area contributed by atoms with Crippen LogP contribution in [0.1, 0.15) is 57.0 Å². The first-order valence-electron chi connectivity index (χ1n) is 7.70. The largest absolute Gasteiger partial charge is 0.462 e. The Morgan fingerprint density at radius 2 is 2.05 bits per heavy atom. The lowest BCUT2D eigenvalue weighted by atomic mass is 9.83. The number of aryl methyl sites for hydroxylation is 1. The molecule has 1 aromatic heterocycles. The molecule has 0 bridgehead atoms. The number of nitrogens with one attached hydrogen (secondary N) is 1. The van der Waals surface area contributed by atoms with Crippen LogP contribution in [0.4, 0.5) is 0 Å². The first-order valence-corrected chi connectivity index (χ1v) is 9.18. The van der Waals surface area contributed by atoms with Gasteiger partial charge in [-0.25, -0.2) is 13.1 Å². The molecule has 0 saturated heterocycles. The number of sulfonamides is 1. The summed E-state index contributed by atoms with van der Waals surface area (Å²) in [6.45, 7) is 3.33. The summed E-state index contributed by atoms with van der Waals surface area (Å²) in [5.74, 6) is 1.02. The quantitative estimate of drug-likeness (QED) is 0.846. The average Bonchev–Trinajstić information content (AvgIpc) is 2.88. The highest BCUT2D eigenvalue weighted by molar-refractivity contribution is 7.89. The highest BCUT2D eigenvalue weighted by atomic mass is 32.2. The number of hydrogen-bond donors (Lipinski definition) is 2. The lowest BCUT2D eigenvalue weighted by Crippen LogP contribution is -2.40. The Bertz CT molecular complexity index is 558. The highest BCUT2D eigenvalue weighted by Crippen LogP contribution is 2.29. The van der Waals surface area contributed by atoms with Crippen LogP contribution < -0.4 is 4.72 Å². The molecular weight excluding hydrogens is 290 g/mol. The lowest BCUT2D eigenvalue weighted by molar-refractivity contribution is 0.244. The fourth-order valence-electron chi connectivity index (χ4n) is 3.18. The monoisotopic (exact) mass is 315 g/mol. The zero-order chi connectivity index (χ0) is 15.5. The van der Waals surface area contributed by atoms with Gasteiger partial charge in [0.15, 0.2) is 0 Å². The van der Waals surface area contributed by atoms with Crippen molar-refractivity contribution >= 4 is 10.0 Å². The lowest BCUT2D eigenvalue weighted by Gasteiger charge is -2.29. The molecule has 1 aliphatic rings. The molecule has 1 unspecified atom stereocenters. The first kappa shape index (κ1) is 16.5. The Kier molecular flexibility index (Phi) is 5.46. The molecule has 6 heteroatoms. The molecule has 1 heterocycles. The van der Waals surface area contributed by atoms with Gasteiger partial charge in [0.25, 0.3) is 0 Å². The van der Waals surface area contributed by atoms with Crippen LogP contribution in [0.2, 0.25) is 0 Å².